The summed E-state index contributed by atoms with van der Waals surface area (Å²) in [4.78, 5) is 0. The van der Waals surface area contributed by atoms with Gasteiger partial charge < -0.3 is 10.1 Å². The first-order valence-corrected chi connectivity index (χ1v) is 6.52. The van der Waals surface area contributed by atoms with E-state index in [-0.39, 0.29) is 0 Å². The average Bonchev–Trinajstić information content (AvgIpc) is 3.08. The molecule has 1 N–H and O–H groups in total. The molecule has 1 atom stereocenters. The highest BCUT2D eigenvalue weighted by Crippen LogP contribution is 2.49. The van der Waals surface area contributed by atoms with Gasteiger partial charge in [0.2, 0.25) is 0 Å². The van der Waals surface area contributed by atoms with Crippen LogP contribution in [0.2, 0.25) is 0 Å². The van der Waals surface area contributed by atoms with Gasteiger partial charge >= 0.3 is 0 Å². The summed E-state index contributed by atoms with van der Waals surface area (Å²) in [5, 5.41) is 3.75. The van der Waals surface area contributed by atoms with E-state index in [1.165, 1.54) is 45.1 Å². The second-order valence-corrected chi connectivity index (χ2v) is 5.53. The Morgan fingerprint density at radius 1 is 1.40 bits per heavy atom. The first-order chi connectivity index (χ1) is 7.29. The van der Waals surface area contributed by atoms with Crippen molar-refractivity contribution < 1.29 is 4.74 Å². The van der Waals surface area contributed by atoms with E-state index in [1.807, 2.05) is 7.11 Å². The second kappa shape index (κ2) is 4.84. The number of hydrogen-bond acceptors (Lipinski definition) is 2. The van der Waals surface area contributed by atoms with Crippen LogP contribution in [0.5, 0.6) is 0 Å². The molecule has 88 valence electrons. The zero-order chi connectivity index (χ0) is 10.7. The minimum absolute atomic E-state index is 0.629. The first-order valence-electron chi connectivity index (χ1n) is 6.52. The predicted octanol–water partition coefficient (Wildman–Crippen LogP) is 2.58. The Hall–Kier alpha value is -0.0800. The third-order valence-electron chi connectivity index (χ3n) is 4.01. The molecular weight excluding hydrogens is 186 g/mol. The molecule has 0 saturated heterocycles. The van der Waals surface area contributed by atoms with Crippen LogP contribution in [0.1, 0.15) is 45.4 Å². The molecule has 0 aliphatic heterocycles. The molecule has 0 radical (unpaired) electrons. The first kappa shape index (κ1) is 11.4. The summed E-state index contributed by atoms with van der Waals surface area (Å²) >= 11 is 0. The molecule has 0 aromatic carbocycles. The van der Waals surface area contributed by atoms with Gasteiger partial charge in [-0.05, 0) is 43.4 Å². The van der Waals surface area contributed by atoms with Gasteiger partial charge in [0.15, 0.2) is 0 Å². The molecule has 2 heteroatoms. The van der Waals surface area contributed by atoms with Gasteiger partial charge in [0, 0.05) is 19.7 Å². The van der Waals surface area contributed by atoms with E-state index in [1.54, 1.807) is 0 Å². The van der Waals surface area contributed by atoms with Crippen molar-refractivity contribution in [3.05, 3.63) is 0 Å². The van der Waals surface area contributed by atoms with Crippen LogP contribution in [0.4, 0.5) is 0 Å². The fourth-order valence-electron chi connectivity index (χ4n) is 2.61. The Bertz CT molecular complexity index is 197. The molecule has 2 saturated carbocycles. The number of methoxy groups -OCH3 is 1. The molecule has 0 amide bonds. The van der Waals surface area contributed by atoms with Crippen LogP contribution in [0, 0.1) is 11.3 Å². The molecule has 1 unspecified atom stereocenters. The molecule has 2 fully saturated rings. The van der Waals surface area contributed by atoms with Gasteiger partial charge in [0.25, 0.3) is 0 Å². The lowest BCUT2D eigenvalue weighted by Gasteiger charge is -2.22. The van der Waals surface area contributed by atoms with E-state index < -0.39 is 0 Å². The smallest absolute Gasteiger partial charge is 0.0618 e. The van der Waals surface area contributed by atoms with E-state index in [0.29, 0.717) is 11.5 Å². The van der Waals surface area contributed by atoms with Gasteiger partial charge in [-0.3, -0.25) is 0 Å². The maximum Gasteiger partial charge on any atom is 0.0618 e. The molecule has 0 bridgehead atoms. The molecule has 2 aliphatic carbocycles. The molecule has 0 heterocycles. The Balaban J connectivity index is 1.70. The predicted molar refractivity (Wildman–Crippen MR) is 63.0 cm³/mol. The highest BCUT2D eigenvalue weighted by molar-refractivity contribution is 4.96. The van der Waals surface area contributed by atoms with Crippen LogP contribution in [0.3, 0.4) is 0 Å². The van der Waals surface area contributed by atoms with E-state index >= 15 is 0 Å². The number of rotatable bonds is 8. The zero-order valence-corrected chi connectivity index (χ0v) is 10.2. The molecule has 2 aliphatic rings. The molecule has 0 aromatic rings. The van der Waals surface area contributed by atoms with E-state index in [2.05, 4.69) is 12.2 Å². The summed E-state index contributed by atoms with van der Waals surface area (Å²) in [5.41, 5.74) is 0.676. The van der Waals surface area contributed by atoms with Gasteiger partial charge in [-0.1, -0.05) is 13.3 Å². The van der Waals surface area contributed by atoms with Crippen LogP contribution in [0.15, 0.2) is 0 Å². The summed E-state index contributed by atoms with van der Waals surface area (Å²) in [6, 6.07) is 0.629. The minimum atomic E-state index is 0.629. The third kappa shape index (κ3) is 3.18. The molecule has 15 heavy (non-hydrogen) atoms. The van der Waals surface area contributed by atoms with Gasteiger partial charge in [0.05, 0.1) is 6.61 Å². The summed E-state index contributed by atoms with van der Waals surface area (Å²) in [6.07, 6.45) is 8.43. The normalized spacial score (nSPS) is 25.2. The Kier molecular flexibility index (Phi) is 3.68. The van der Waals surface area contributed by atoms with Gasteiger partial charge in [-0.25, -0.2) is 0 Å². The molecule has 2 rings (SSSR count). The minimum Gasteiger partial charge on any atom is -0.383 e. The summed E-state index contributed by atoms with van der Waals surface area (Å²) in [5.74, 6) is 0.905. The monoisotopic (exact) mass is 211 g/mol. The third-order valence-corrected chi connectivity index (χ3v) is 4.01. The molecule has 2 nitrogen and oxygen atoms in total. The topological polar surface area (TPSA) is 21.3 Å². The van der Waals surface area contributed by atoms with Crippen LogP contribution in [-0.4, -0.2) is 26.3 Å². The Morgan fingerprint density at radius 3 is 2.60 bits per heavy atom. The molecule has 0 spiro atoms. The Morgan fingerprint density at radius 2 is 2.13 bits per heavy atom. The van der Waals surface area contributed by atoms with Crippen LogP contribution >= 0.6 is 0 Å². The summed E-state index contributed by atoms with van der Waals surface area (Å²) in [7, 11) is 1.82. The summed E-state index contributed by atoms with van der Waals surface area (Å²) < 4.78 is 5.29. The van der Waals surface area contributed by atoms with Crippen molar-refractivity contribution in [1.29, 1.82) is 0 Å². The largest absolute Gasteiger partial charge is 0.383 e. The van der Waals surface area contributed by atoms with Crippen molar-refractivity contribution in [1.82, 2.24) is 5.32 Å². The Labute approximate surface area is 93.8 Å². The van der Waals surface area contributed by atoms with E-state index in [0.717, 1.165) is 12.5 Å². The lowest BCUT2D eigenvalue weighted by atomic mass is 10.00. The summed E-state index contributed by atoms with van der Waals surface area (Å²) in [6.45, 7) is 4.42. The van der Waals surface area contributed by atoms with Gasteiger partial charge in [-0.15, -0.1) is 0 Å². The zero-order valence-electron chi connectivity index (χ0n) is 10.2. The van der Waals surface area contributed by atoms with Crippen molar-refractivity contribution in [2.75, 3.05) is 20.3 Å². The standard InChI is InChI=1S/C13H25NO/c1-3-6-13(7-8-13)10-14-12(9-15-2)11-4-5-11/h11-12,14H,3-10H2,1-2H3. The van der Waals surface area contributed by atoms with Crippen molar-refractivity contribution in [3.8, 4) is 0 Å². The molecular formula is C13H25NO. The number of nitrogens with one attached hydrogen (secondary N) is 1. The number of ether oxygens (including phenoxy) is 1. The fourth-order valence-corrected chi connectivity index (χ4v) is 2.61. The fraction of sp³-hybridized carbons (Fsp3) is 1.00. The van der Waals surface area contributed by atoms with Gasteiger partial charge in [0.1, 0.15) is 0 Å². The lowest BCUT2D eigenvalue weighted by Crippen LogP contribution is -2.38. The maximum absolute atomic E-state index is 5.29. The van der Waals surface area contributed by atoms with Crippen molar-refractivity contribution in [2.45, 2.75) is 51.5 Å². The average molecular weight is 211 g/mol. The molecule has 0 aromatic heterocycles. The van der Waals surface area contributed by atoms with Crippen LogP contribution in [0.25, 0.3) is 0 Å². The van der Waals surface area contributed by atoms with Gasteiger partial charge in [-0.2, -0.15) is 0 Å². The van der Waals surface area contributed by atoms with Crippen molar-refractivity contribution >= 4 is 0 Å². The second-order valence-electron chi connectivity index (χ2n) is 5.53. The highest BCUT2D eigenvalue weighted by Gasteiger charge is 2.42. The van der Waals surface area contributed by atoms with E-state index in [9.17, 15) is 0 Å². The quantitative estimate of drug-likeness (QED) is 0.666. The van der Waals surface area contributed by atoms with Crippen molar-refractivity contribution in [2.24, 2.45) is 11.3 Å². The maximum atomic E-state index is 5.29. The highest BCUT2D eigenvalue weighted by atomic mass is 16.5. The van der Waals surface area contributed by atoms with Crippen molar-refractivity contribution in [3.63, 3.8) is 0 Å². The van der Waals surface area contributed by atoms with Crippen LogP contribution in [-0.2, 0) is 4.74 Å². The SMILES string of the molecule is CCCC1(CNC(COC)C2CC2)CC1. The van der Waals surface area contributed by atoms with Crippen LogP contribution < -0.4 is 5.32 Å². The lowest BCUT2D eigenvalue weighted by molar-refractivity contribution is 0.153. The van der Waals surface area contributed by atoms with E-state index in [4.69, 9.17) is 4.74 Å². The number of hydrogen-bond donors (Lipinski definition) is 1.